The van der Waals surface area contributed by atoms with E-state index in [1.807, 2.05) is 0 Å². The average molecular weight is 126 g/mol. The molecule has 0 aromatic heterocycles. The molecule has 0 fully saturated rings. The van der Waals surface area contributed by atoms with Crippen molar-refractivity contribution in [1.82, 2.24) is 0 Å². The van der Waals surface area contributed by atoms with E-state index in [1.54, 1.807) is 12.2 Å². The van der Waals surface area contributed by atoms with Gasteiger partial charge in [-0.15, -0.1) is 13.2 Å². The predicted octanol–water partition coefficient (Wildman–Crippen LogP) is 0.403. The summed E-state index contributed by atoms with van der Waals surface area (Å²) in [6.07, 6.45) is 4.15. The van der Waals surface area contributed by atoms with Crippen LogP contribution in [0, 0.1) is 0 Å². The van der Waals surface area contributed by atoms with Crippen LogP contribution in [0.15, 0.2) is 25.3 Å². The summed E-state index contributed by atoms with van der Waals surface area (Å²) >= 11 is 0. The molecule has 52 valence electrons. The highest BCUT2D eigenvalue weighted by atomic mass is 14.8. The zero-order valence-electron chi connectivity index (χ0n) is 5.59. The van der Waals surface area contributed by atoms with Crippen LogP contribution in [-0.4, -0.2) is 12.1 Å². The van der Waals surface area contributed by atoms with E-state index in [1.165, 1.54) is 0 Å². The SMILES string of the molecule is C=CCC(N)C(N)C=C. The Hall–Kier alpha value is -0.600. The quantitative estimate of drug-likeness (QED) is 0.536. The maximum absolute atomic E-state index is 5.57. The molecule has 0 saturated carbocycles. The Morgan fingerprint density at radius 3 is 2.22 bits per heavy atom. The van der Waals surface area contributed by atoms with Gasteiger partial charge in [-0.2, -0.15) is 0 Å². The molecule has 0 aliphatic heterocycles. The second kappa shape index (κ2) is 4.30. The molecule has 0 aliphatic carbocycles. The van der Waals surface area contributed by atoms with Crippen LogP contribution in [0.1, 0.15) is 6.42 Å². The summed E-state index contributed by atoms with van der Waals surface area (Å²) in [5.74, 6) is 0. The van der Waals surface area contributed by atoms with Gasteiger partial charge in [0.2, 0.25) is 0 Å². The fourth-order valence-corrected chi connectivity index (χ4v) is 0.524. The maximum atomic E-state index is 5.57. The van der Waals surface area contributed by atoms with Crippen molar-refractivity contribution in [3.63, 3.8) is 0 Å². The summed E-state index contributed by atoms with van der Waals surface area (Å²) < 4.78 is 0. The molecule has 0 radical (unpaired) electrons. The van der Waals surface area contributed by atoms with Gasteiger partial charge in [-0.1, -0.05) is 12.2 Å². The van der Waals surface area contributed by atoms with Gasteiger partial charge in [-0.05, 0) is 6.42 Å². The molecule has 0 aromatic carbocycles. The average Bonchev–Trinajstić information content (AvgIpc) is 1.87. The Morgan fingerprint density at radius 2 is 1.89 bits per heavy atom. The van der Waals surface area contributed by atoms with E-state index in [4.69, 9.17) is 11.5 Å². The fourth-order valence-electron chi connectivity index (χ4n) is 0.524. The van der Waals surface area contributed by atoms with Gasteiger partial charge in [0.15, 0.2) is 0 Å². The number of nitrogens with two attached hydrogens (primary N) is 2. The highest BCUT2D eigenvalue weighted by molar-refractivity contribution is 4.93. The predicted molar refractivity (Wildman–Crippen MR) is 41.0 cm³/mol. The maximum Gasteiger partial charge on any atom is 0.0378 e. The first kappa shape index (κ1) is 8.40. The fraction of sp³-hybridized carbons (Fsp3) is 0.429. The third-order valence-corrected chi connectivity index (χ3v) is 1.21. The van der Waals surface area contributed by atoms with Gasteiger partial charge in [0.05, 0.1) is 0 Å². The molecule has 0 aromatic rings. The van der Waals surface area contributed by atoms with Crippen LogP contribution in [0.3, 0.4) is 0 Å². The largest absolute Gasteiger partial charge is 0.326 e. The summed E-state index contributed by atoms with van der Waals surface area (Å²) in [7, 11) is 0. The lowest BCUT2D eigenvalue weighted by atomic mass is 10.1. The van der Waals surface area contributed by atoms with Crippen LogP contribution in [0.25, 0.3) is 0 Å². The first-order chi connectivity index (χ1) is 4.22. The van der Waals surface area contributed by atoms with Crippen molar-refractivity contribution in [1.29, 1.82) is 0 Å². The van der Waals surface area contributed by atoms with E-state index >= 15 is 0 Å². The van der Waals surface area contributed by atoms with E-state index in [-0.39, 0.29) is 12.1 Å². The van der Waals surface area contributed by atoms with Gasteiger partial charge >= 0.3 is 0 Å². The van der Waals surface area contributed by atoms with Crippen LogP contribution in [0.2, 0.25) is 0 Å². The minimum atomic E-state index is -0.108. The summed E-state index contributed by atoms with van der Waals surface area (Å²) in [5.41, 5.74) is 11.1. The van der Waals surface area contributed by atoms with Crippen molar-refractivity contribution in [3.8, 4) is 0 Å². The van der Waals surface area contributed by atoms with Crippen molar-refractivity contribution in [2.45, 2.75) is 18.5 Å². The van der Waals surface area contributed by atoms with E-state index < -0.39 is 0 Å². The molecular weight excluding hydrogens is 112 g/mol. The van der Waals surface area contributed by atoms with Gasteiger partial charge in [0.25, 0.3) is 0 Å². The van der Waals surface area contributed by atoms with Crippen LogP contribution < -0.4 is 11.5 Å². The lowest BCUT2D eigenvalue weighted by Crippen LogP contribution is -2.39. The van der Waals surface area contributed by atoms with Gasteiger partial charge in [0.1, 0.15) is 0 Å². The molecule has 0 rings (SSSR count). The minimum absolute atomic E-state index is 0.0278. The first-order valence-corrected chi connectivity index (χ1v) is 2.97. The Bertz CT molecular complexity index is 99.1. The molecule has 9 heavy (non-hydrogen) atoms. The van der Waals surface area contributed by atoms with Crippen molar-refractivity contribution in [2.24, 2.45) is 11.5 Å². The Balaban J connectivity index is 3.56. The van der Waals surface area contributed by atoms with E-state index in [0.717, 1.165) is 6.42 Å². The molecule has 0 aliphatic rings. The van der Waals surface area contributed by atoms with Gasteiger partial charge in [-0.25, -0.2) is 0 Å². The molecule has 2 nitrogen and oxygen atoms in total. The monoisotopic (exact) mass is 126 g/mol. The summed E-state index contributed by atoms with van der Waals surface area (Å²) in [5, 5.41) is 0. The zero-order chi connectivity index (χ0) is 7.28. The van der Waals surface area contributed by atoms with Gasteiger partial charge < -0.3 is 11.5 Å². The molecule has 0 amide bonds. The second-order valence-corrected chi connectivity index (χ2v) is 2.00. The zero-order valence-corrected chi connectivity index (χ0v) is 5.59. The van der Waals surface area contributed by atoms with Gasteiger partial charge in [0, 0.05) is 12.1 Å². The Morgan fingerprint density at radius 1 is 1.33 bits per heavy atom. The second-order valence-electron chi connectivity index (χ2n) is 2.00. The molecule has 0 heterocycles. The molecule has 4 N–H and O–H groups in total. The Kier molecular flexibility index (Phi) is 4.01. The summed E-state index contributed by atoms with van der Waals surface area (Å²) in [4.78, 5) is 0. The number of hydrogen-bond donors (Lipinski definition) is 2. The minimum Gasteiger partial charge on any atom is -0.326 e. The molecular formula is C7H14N2. The molecule has 2 unspecified atom stereocenters. The lowest BCUT2D eigenvalue weighted by Gasteiger charge is -2.12. The van der Waals surface area contributed by atoms with Crippen LogP contribution in [-0.2, 0) is 0 Å². The lowest BCUT2D eigenvalue weighted by molar-refractivity contribution is 0.608. The first-order valence-electron chi connectivity index (χ1n) is 2.97. The molecule has 2 atom stereocenters. The number of rotatable bonds is 4. The third-order valence-electron chi connectivity index (χ3n) is 1.21. The van der Waals surface area contributed by atoms with E-state index in [9.17, 15) is 0 Å². The van der Waals surface area contributed by atoms with Crippen LogP contribution in [0.5, 0.6) is 0 Å². The molecule has 0 spiro atoms. The normalized spacial score (nSPS) is 16.2. The van der Waals surface area contributed by atoms with Crippen molar-refractivity contribution < 1.29 is 0 Å². The number of hydrogen-bond acceptors (Lipinski definition) is 2. The standard InChI is InChI=1S/C7H14N2/c1-3-5-7(9)6(8)4-2/h3-4,6-7H,1-2,5,8-9H2. The smallest absolute Gasteiger partial charge is 0.0378 e. The molecule has 0 saturated heterocycles. The van der Waals surface area contributed by atoms with Crippen molar-refractivity contribution in [2.75, 3.05) is 0 Å². The van der Waals surface area contributed by atoms with E-state index in [0.29, 0.717) is 0 Å². The van der Waals surface area contributed by atoms with Crippen LogP contribution >= 0.6 is 0 Å². The van der Waals surface area contributed by atoms with Crippen LogP contribution in [0.4, 0.5) is 0 Å². The molecule has 0 bridgehead atoms. The topological polar surface area (TPSA) is 52.0 Å². The van der Waals surface area contributed by atoms with Gasteiger partial charge in [-0.3, -0.25) is 0 Å². The third kappa shape index (κ3) is 3.06. The Labute approximate surface area is 56.2 Å². The van der Waals surface area contributed by atoms with E-state index in [2.05, 4.69) is 13.2 Å². The van der Waals surface area contributed by atoms with Crippen molar-refractivity contribution in [3.05, 3.63) is 25.3 Å². The molecule has 2 heteroatoms. The summed E-state index contributed by atoms with van der Waals surface area (Å²) in [6.45, 7) is 7.07. The summed E-state index contributed by atoms with van der Waals surface area (Å²) in [6, 6.07) is -0.136. The van der Waals surface area contributed by atoms with Crippen molar-refractivity contribution >= 4 is 0 Å². The highest BCUT2D eigenvalue weighted by Crippen LogP contribution is 1.93. The highest BCUT2D eigenvalue weighted by Gasteiger charge is 2.05.